The van der Waals surface area contributed by atoms with Crippen molar-refractivity contribution in [3.8, 4) is 0 Å². The summed E-state index contributed by atoms with van der Waals surface area (Å²) < 4.78 is 81.2. The number of halogens is 6. The number of aliphatic hydroxyl groups is 1. The summed E-state index contributed by atoms with van der Waals surface area (Å²) in [7, 11) is 0. The average Bonchev–Trinajstić information content (AvgIpc) is 2.51. The summed E-state index contributed by atoms with van der Waals surface area (Å²) in [6, 6.07) is 0. The zero-order chi connectivity index (χ0) is 13.5. The fraction of sp³-hybridized carbons (Fsp3) is 1.00. The minimum Gasteiger partial charge on any atom is -0.393 e. The molecule has 5 unspecified atom stereocenters. The summed E-state index contributed by atoms with van der Waals surface area (Å²) in [5, 5.41) is 9.51. The Morgan fingerprint density at radius 2 is 1.56 bits per heavy atom. The topological polar surface area (TPSA) is 29.5 Å². The van der Waals surface area contributed by atoms with Crippen LogP contribution in [0.1, 0.15) is 12.8 Å². The van der Waals surface area contributed by atoms with E-state index in [0.717, 1.165) is 0 Å². The van der Waals surface area contributed by atoms with Gasteiger partial charge in [0.1, 0.15) is 0 Å². The van der Waals surface area contributed by atoms with Gasteiger partial charge in [-0.05, 0) is 24.7 Å². The third-order valence-corrected chi connectivity index (χ3v) is 4.53. The number of hydrogen-bond donors (Lipinski definition) is 1. The fourth-order valence-corrected chi connectivity index (χ4v) is 3.87. The average molecular weight is 276 g/mol. The molecule has 8 heteroatoms. The molecular weight excluding hydrogens is 266 g/mol. The van der Waals surface area contributed by atoms with Crippen LogP contribution in [0.2, 0.25) is 0 Å². The van der Waals surface area contributed by atoms with Crippen LogP contribution < -0.4 is 0 Å². The number of hydrogen-bond acceptors (Lipinski definition) is 2. The highest BCUT2D eigenvalue weighted by atomic mass is 19.4. The van der Waals surface area contributed by atoms with Crippen LogP contribution in [0.15, 0.2) is 0 Å². The van der Waals surface area contributed by atoms with Crippen molar-refractivity contribution in [1.82, 2.24) is 0 Å². The first kappa shape index (κ1) is 12.5. The van der Waals surface area contributed by atoms with E-state index in [-0.39, 0.29) is 18.8 Å². The van der Waals surface area contributed by atoms with Gasteiger partial charge in [0, 0.05) is 5.92 Å². The van der Waals surface area contributed by atoms with Crippen molar-refractivity contribution in [2.45, 2.75) is 43.0 Å². The highest BCUT2D eigenvalue weighted by Gasteiger charge is 2.86. The third kappa shape index (κ3) is 1.18. The van der Waals surface area contributed by atoms with Gasteiger partial charge in [-0.25, -0.2) is 0 Å². The molecule has 5 atom stereocenters. The van der Waals surface area contributed by atoms with Crippen LogP contribution in [0.25, 0.3) is 0 Å². The summed E-state index contributed by atoms with van der Waals surface area (Å²) in [5.74, 6) is -3.03. The number of fused-ring (bicyclic) bond motifs is 5. The number of alkyl halides is 6. The maximum absolute atomic E-state index is 12.8. The van der Waals surface area contributed by atoms with Gasteiger partial charge in [-0.3, -0.25) is 0 Å². The zero-order valence-electron chi connectivity index (χ0n) is 8.92. The predicted octanol–water partition coefficient (Wildman–Crippen LogP) is 2.27. The molecule has 0 spiro atoms. The highest BCUT2D eigenvalue weighted by Crippen LogP contribution is 2.69. The van der Waals surface area contributed by atoms with Crippen molar-refractivity contribution in [2.24, 2.45) is 17.8 Å². The van der Waals surface area contributed by atoms with E-state index in [1.165, 1.54) is 0 Å². The minimum atomic E-state index is -5.50. The van der Waals surface area contributed by atoms with E-state index >= 15 is 0 Å². The molecular formula is C10H10F6O2. The molecule has 1 aliphatic heterocycles. The van der Waals surface area contributed by atoms with Crippen molar-refractivity contribution in [3.63, 3.8) is 0 Å². The van der Waals surface area contributed by atoms with Gasteiger partial charge in [0.2, 0.25) is 0 Å². The number of ether oxygens (including phenoxy) is 1. The number of rotatable bonds is 0. The van der Waals surface area contributed by atoms with Crippen LogP contribution in [0, 0.1) is 17.8 Å². The van der Waals surface area contributed by atoms with Crippen LogP contribution in [0.3, 0.4) is 0 Å². The van der Waals surface area contributed by atoms with Gasteiger partial charge in [-0.1, -0.05) is 0 Å². The summed E-state index contributed by atoms with van der Waals surface area (Å²) in [6.07, 6.45) is -12.7. The minimum absolute atomic E-state index is 0.185. The Morgan fingerprint density at radius 1 is 1.00 bits per heavy atom. The Hall–Kier alpha value is -0.500. The van der Waals surface area contributed by atoms with Crippen LogP contribution in [-0.2, 0) is 4.74 Å². The molecule has 3 aliphatic rings. The van der Waals surface area contributed by atoms with E-state index in [1.54, 1.807) is 0 Å². The Bertz CT molecular complexity index is 362. The Morgan fingerprint density at radius 3 is 2.06 bits per heavy atom. The van der Waals surface area contributed by atoms with Crippen molar-refractivity contribution in [3.05, 3.63) is 0 Å². The van der Waals surface area contributed by atoms with Gasteiger partial charge in [-0.15, -0.1) is 0 Å². The second kappa shape index (κ2) is 3.15. The first-order valence-electron chi connectivity index (χ1n) is 5.59. The molecule has 2 nitrogen and oxygen atoms in total. The molecule has 1 N–H and O–H groups in total. The summed E-state index contributed by atoms with van der Waals surface area (Å²) in [6.45, 7) is 0. The van der Waals surface area contributed by atoms with Gasteiger partial charge in [-0.2, -0.15) is 26.3 Å². The molecule has 0 aromatic heterocycles. The smallest absolute Gasteiger partial charge is 0.393 e. The monoisotopic (exact) mass is 276 g/mol. The first-order chi connectivity index (χ1) is 8.09. The lowest BCUT2D eigenvalue weighted by atomic mass is 9.67. The van der Waals surface area contributed by atoms with Gasteiger partial charge >= 0.3 is 12.4 Å². The summed E-state index contributed by atoms with van der Waals surface area (Å²) in [4.78, 5) is 0. The molecule has 3 rings (SSSR count). The summed E-state index contributed by atoms with van der Waals surface area (Å²) >= 11 is 0. The summed E-state index contributed by atoms with van der Waals surface area (Å²) in [5.41, 5.74) is -4.08. The maximum atomic E-state index is 12.8. The zero-order valence-corrected chi connectivity index (χ0v) is 8.92. The van der Waals surface area contributed by atoms with Gasteiger partial charge < -0.3 is 9.84 Å². The molecule has 3 fully saturated rings. The molecule has 1 heterocycles. The maximum Gasteiger partial charge on any atom is 0.426 e. The second-order valence-corrected chi connectivity index (χ2v) is 5.30. The van der Waals surface area contributed by atoms with E-state index in [4.69, 9.17) is 0 Å². The first-order valence-corrected chi connectivity index (χ1v) is 5.59. The molecule has 0 radical (unpaired) electrons. The molecule has 2 aliphatic carbocycles. The molecule has 2 bridgehead atoms. The van der Waals surface area contributed by atoms with Crippen molar-refractivity contribution in [1.29, 1.82) is 0 Å². The van der Waals surface area contributed by atoms with E-state index < -0.39 is 42.0 Å². The van der Waals surface area contributed by atoms with Gasteiger partial charge in [0.15, 0.2) is 0 Å². The van der Waals surface area contributed by atoms with Crippen LogP contribution in [0.4, 0.5) is 26.3 Å². The molecule has 0 aromatic rings. The largest absolute Gasteiger partial charge is 0.426 e. The van der Waals surface area contributed by atoms with Crippen LogP contribution in [0.5, 0.6) is 0 Å². The predicted molar refractivity (Wildman–Crippen MR) is 45.4 cm³/mol. The molecule has 0 aromatic carbocycles. The van der Waals surface area contributed by atoms with E-state index in [2.05, 4.69) is 4.74 Å². The van der Waals surface area contributed by atoms with E-state index in [1.807, 2.05) is 0 Å². The SMILES string of the molecule is OC1CC2CC1C1C2OC1(C(F)(F)F)C(F)(F)F. The van der Waals surface area contributed by atoms with Gasteiger partial charge in [0.25, 0.3) is 5.60 Å². The molecule has 1 saturated heterocycles. The van der Waals surface area contributed by atoms with Crippen molar-refractivity contribution in [2.75, 3.05) is 0 Å². The molecule has 18 heavy (non-hydrogen) atoms. The normalized spacial score (nSPS) is 45.8. The molecule has 0 amide bonds. The van der Waals surface area contributed by atoms with Crippen molar-refractivity contribution < 1.29 is 36.2 Å². The van der Waals surface area contributed by atoms with Crippen LogP contribution >= 0.6 is 0 Å². The Kier molecular flexibility index (Phi) is 2.19. The quantitative estimate of drug-likeness (QED) is 0.688. The molecule has 104 valence electrons. The molecule has 2 saturated carbocycles. The van der Waals surface area contributed by atoms with Crippen molar-refractivity contribution >= 4 is 0 Å². The lowest BCUT2D eigenvalue weighted by Gasteiger charge is -2.57. The third-order valence-electron chi connectivity index (χ3n) is 4.53. The second-order valence-electron chi connectivity index (χ2n) is 5.30. The van der Waals surface area contributed by atoms with Crippen LogP contribution in [-0.4, -0.2) is 35.3 Å². The van der Waals surface area contributed by atoms with Gasteiger partial charge in [0.05, 0.1) is 12.2 Å². The van der Waals surface area contributed by atoms with E-state index in [0.29, 0.717) is 0 Å². The van der Waals surface area contributed by atoms with E-state index in [9.17, 15) is 31.4 Å². The standard InChI is InChI=1S/C10H10F6O2/c11-9(12,13)8(10(14,15)16)6-4-1-3(2-5(4)17)7(6)18-8/h3-7,17H,1-2H2. The lowest BCUT2D eigenvalue weighted by molar-refractivity contribution is -0.473. The highest BCUT2D eigenvalue weighted by molar-refractivity contribution is 5.20. The lowest BCUT2D eigenvalue weighted by Crippen LogP contribution is -2.76. The Balaban J connectivity index is 2.01. The fourth-order valence-electron chi connectivity index (χ4n) is 3.87. The number of aliphatic hydroxyl groups excluding tert-OH is 1. The Labute approximate surface area is 97.9 Å².